The van der Waals surface area contributed by atoms with E-state index in [0.29, 0.717) is 10.5 Å². The van der Waals surface area contributed by atoms with E-state index in [2.05, 4.69) is 10.6 Å². The average Bonchev–Trinajstić information content (AvgIpc) is 3.12. The van der Waals surface area contributed by atoms with Gasteiger partial charge in [-0.05, 0) is 45.7 Å². The van der Waals surface area contributed by atoms with Crippen LogP contribution in [0, 0.1) is 0 Å². The van der Waals surface area contributed by atoms with Crippen LogP contribution in [0.5, 0.6) is 0 Å². The van der Waals surface area contributed by atoms with Crippen molar-refractivity contribution < 1.29 is 19.1 Å². The van der Waals surface area contributed by atoms with Gasteiger partial charge in [0.2, 0.25) is 5.91 Å². The Morgan fingerprint density at radius 3 is 2.48 bits per heavy atom. The molecule has 0 aliphatic heterocycles. The molecule has 2 rings (SSSR count). The van der Waals surface area contributed by atoms with Crippen LogP contribution >= 0.6 is 11.8 Å². The minimum atomic E-state index is -0.861. The van der Waals surface area contributed by atoms with Gasteiger partial charge >= 0.3 is 5.97 Å². The van der Waals surface area contributed by atoms with Crippen LogP contribution in [0.15, 0.2) is 29.2 Å². The Kier molecular flexibility index (Phi) is 8.16. The first-order valence-corrected chi connectivity index (χ1v) is 10.4. The molecular weight excluding hydrogens is 364 g/mol. The topological polar surface area (TPSA) is 84.5 Å². The summed E-state index contributed by atoms with van der Waals surface area (Å²) in [4.78, 5) is 37.2. The van der Waals surface area contributed by atoms with E-state index in [4.69, 9.17) is 4.74 Å². The standard InChI is InChI=1S/C20H28N2O4S/c1-13(2)21-18(23)12-27-17-11-7-6-10-16(17)20(25)26-14(3)19(24)22-15-8-4-5-9-15/h6-7,10-11,13-15H,4-5,8-9,12H2,1-3H3,(H,21,23)(H,22,24)/t14-/m0/s1. The van der Waals surface area contributed by atoms with Gasteiger partial charge in [0.15, 0.2) is 6.10 Å². The predicted octanol–water partition coefficient (Wildman–Crippen LogP) is 2.91. The van der Waals surface area contributed by atoms with Crippen molar-refractivity contribution in [3.05, 3.63) is 29.8 Å². The van der Waals surface area contributed by atoms with Crippen molar-refractivity contribution >= 4 is 29.5 Å². The van der Waals surface area contributed by atoms with Gasteiger partial charge in [0.1, 0.15) is 0 Å². The number of hydrogen-bond acceptors (Lipinski definition) is 5. The Bertz CT molecular complexity index is 672. The Hall–Kier alpha value is -2.02. The number of thioether (sulfide) groups is 1. The molecule has 7 heteroatoms. The second kappa shape index (κ2) is 10.3. The highest BCUT2D eigenvalue weighted by molar-refractivity contribution is 8.00. The maximum Gasteiger partial charge on any atom is 0.340 e. The zero-order valence-electron chi connectivity index (χ0n) is 16.1. The van der Waals surface area contributed by atoms with Gasteiger partial charge in [-0.15, -0.1) is 11.8 Å². The number of esters is 1. The van der Waals surface area contributed by atoms with Crippen molar-refractivity contribution in [1.29, 1.82) is 0 Å². The molecule has 0 aromatic heterocycles. The second-order valence-corrected chi connectivity index (χ2v) is 8.06. The quantitative estimate of drug-likeness (QED) is 0.525. The Labute approximate surface area is 164 Å². The first-order valence-electron chi connectivity index (χ1n) is 9.39. The van der Waals surface area contributed by atoms with E-state index in [1.807, 2.05) is 13.8 Å². The minimum absolute atomic E-state index is 0.0672. The van der Waals surface area contributed by atoms with E-state index in [-0.39, 0.29) is 29.7 Å². The maximum atomic E-state index is 12.5. The van der Waals surface area contributed by atoms with Gasteiger partial charge in [-0.3, -0.25) is 9.59 Å². The lowest BCUT2D eigenvalue weighted by Gasteiger charge is -2.18. The first kappa shape index (κ1) is 21.3. The first-order chi connectivity index (χ1) is 12.9. The zero-order chi connectivity index (χ0) is 19.8. The molecule has 1 fully saturated rings. The number of carbonyl (C=O) groups excluding carboxylic acids is 3. The van der Waals surface area contributed by atoms with E-state index in [1.165, 1.54) is 11.8 Å². The van der Waals surface area contributed by atoms with Gasteiger partial charge in [0.25, 0.3) is 5.91 Å². The third-order valence-electron chi connectivity index (χ3n) is 4.27. The molecule has 1 saturated carbocycles. The number of carbonyl (C=O) groups is 3. The molecule has 1 aliphatic carbocycles. The van der Waals surface area contributed by atoms with Crippen molar-refractivity contribution in [2.24, 2.45) is 0 Å². The largest absolute Gasteiger partial charge is 0.449 e. The van der Waals surface area contributed by atoms with Crippen LogP contribution in [0.4, 0.5) is 0 Å². The highest BCUT2D eigenvalue weighted by Crippen LogP contribution is 2.24. The Morgan fingerprint density at radius 1 is 1.15 bits per heavy atom. The van der Waals surface area contributed by atoms with Crippen LogP contribution < -0.4 is 10.6 Å². The van der Waals surface area contributed by atoms with E-state index >= 15 is 0 Å². The number of hydrogen-bond donors (Lipinski definition) is 2. The molecule has 0 heterocycles. The molecule has 0 spiro atoms. The SMILES string of the molecule is CC(C)NC(=O)CSc1ccccc1C(=O)O[C@@H](C)C(=O)NC1CCCC1. The predicted molar refractivity (Wildman–Crippen MR) is 106 cm³/mol. The number of ether oxygens (including phenoxy) is 1. The summed E-state index contributed by atoms with van der Waals surface area (Å²) in [6.07, 6.45) is 3.33. The average molecular weight is 393 g/mol. The summed E-state index contributed by atoms with van der Waals surface area (Å²) in [7, 11) is 0. The molecule has 0 bridgehead atoms. The van der Waals surface area contributed by atoms with Gasteiger partial charge in [-0.1, -0.05) is 25.0 Å². The number of nitrogens with one attached hydrogen (secondary N) is 2. The van der Waals surface area contributed by atoms with Gasteiger partial charge in [-0.25, -0.2) is 4.79 Å². The summed E-state index contributed by atoms with van der Waals surface area (Å²) in [5, 5.41) is 5.75. The molecule has 1 aromatic carbocycles. The fourth-order valence-corrected chi connectivity index (χ4v) is 3.79. The van der Waals surface area contributed by atoms with Gasteiger partial charge in [0, 0.05) is 17.0 Å². The van der Waals surface area contributed by atoms with Crippen molar-refractivity contribution in [3.8, 4) is 0 Å². The lowest BCUT2D eigenvalue weighted by atomic mass is 10.2. The van der Waals surface area contributed by atoms with Crippen molar-refractivity contribution in [2.45, 2.75) is 69.5 Å². The van der Waals surface area contributed by atoms with E-state index in [0.717, 1.165) is 25.7 Å². The molecular formula is C20H28N2O4S. The van der Waals surface area contributed by atoms with Gasteiger partial charge in [-0.2, -0.15) is 0 Å². The molecule has 1 atom stereocenters. The molecule has 1 aromatic rings. The normalized spacial score (nSPS) is 15.4. The lowest BCUT2D eigenvalue weighted by Crippen LogP contribution is -2.40. The van der Waals surface area contributed by atoms with Crippen LogP contribution in [0.1, 0.15) is 56.8 Å². The number of amides is 2. The minimum Gasteiger partial charge on any atom is -0.449 e. The molecule has 0 radical (unpaired) electrons. The fourth-order valence-electron chi connectivity index (χ4n) is 2.93. The van der Waals surface area contributed by atoms with Crippen LogP contribution in [-0.4, -0.2) is 41.7 Å². The van der Waals surface area contributed by atoms with Gasteiger partial charge < -0.3 is 15.4 Å². The molecule has 0 unspecified atom stereocenters. The number of rotatable bonds is 8. The van der Waals surface area contributed by atoms with Crippen molar-refractivity contribution in [3.63, 3.8) is 0 Å². The molecule has 27 heavy (non-hydrogen) atoms. The van der Waals surface area contributed by atoms with Crippen molar-refractivity contribution in [1.82, 2.24) is 10.6 Å². The highest BCUT2D eigenvalue weighted by atomic mass is 32.2. The monoisotopic (exact) mass is 392 g/mol. The molecule has 2 amide bonds. The van der Waals surface area contributed by atoms with E-state index < -0.39 is 12.1 Å². The van der Waals surface area contributed by atoms with E-state index in [1.54, 1.807) is 31.2 Å². The molecule has 0 saturated heterocycles. The summed E-state index contributed by atoms with van der Waals surface area (Å²) in [5.74, 6) is -0.712. The van der Waals surface area contributed by atoms with Crippen LogP contribution in [0.2, 0.25) is 0 Å². The summed E-state index contributed by atoms with van der Waals surface area (Å²) >= 11 is 1.27. The fraction of sp³-hybridized carbons (Fsp3) is 0.550. The molecule has 2 N–H and O–H groups in total. The number of benzene rings is 1. The summed E-state index contributed by atoms with van der Waals surface area (Å²) in [6.45, 7) is 5.37. The highest BCUT2D eigenvalue weighted by Gasteiger charge is 2.24. The van der Waals surface area contributed by atoms with E-state index in [9.17, 15) is 14.4 Å². The van der Waals surface area contributed by atoms with Crippen LogP contribution in [0.3, 0.4) is 0 Å². The summed E-state index contributed by atoms with van der Waals surface area (Å²) < 4.78 is 5.36. The summed E-state index contributed by atoms with van der Waals surface area (Å²) in [5.41, 5.74) is 0.361. The Morgan fingerprint density at radius 2 is 1.81 bits per heavy atom. The molecule has 148 valence electrons. The molecule has 6 nitrogen and oxygen atoms in total. The Balaban J connectivity index is 1.93. The molecule has 1 aliphatic rings. The van der Waals surface area contributed by atoms with Crippen molar-refractivity contribution in [2.75, 3.05) is 5.75 Å². The van der Waals surface area contributed by atoms with Crippen LogP contribution in [0.25, 0.3) is 0 Å². The van der Waals surface area contributed by atoms with Gasteiger partial charge in [0.05, 0.1) is 11.3 Å². The zero-order valence-corrected chi connectivity index (χ0v) is 16.9. The second-order valence-electron chi connectivity index (χ2n) is 7.04. The maximum absolute atomic E-state index is 12.5. The van der Waals surface area contributed by atoms with Crippen LogP contribution in [-0.2, 0) is 14.3 Å². The summed E-state index contributed by atoms with van der Waals surface area (Å²) in [6, 6.07) is 7.20. The third kappa shape index (κ3) is 6.90. The third-order valence-corrected chi connectivity index (χ3v) is 5.34. The smallest absolute Gasteiger partial charge is 0.340 e. The lowest BCUT2D eigenvalue weighted by molar-refractivity contribution is -0.129.